The lowest BCUT2D eigenvalue weighted by molar-refractivity contribution is -0.150. The zero-order chi connectivity index (χ0) is 12.7. The molecule has 0 fully saturated rings. The topological polar surface area (TPSA) is 75.7 Å². The van der Waals surface area contributed by atoms with E-state index < -0.39 is 0 Å². The van der Waals surface area contributed by atoms with Crippen molar-refractivity contribution in [2.24, 2.45) is 0 Å². The molecule has 6 nitrogen and oxygen atoms in total. The summed E-state index contributed by atoms with van der Waals surface area (Å²) >= 11 is 0. The fraction of sp³-hybridized carbons (Fsp3) is 0.545. The van der Waals surface area contributed by atoms with E-state index in [1.54, 1.807) is 0 Å². The summed E-state index contributed by atoms with van der Waals surface area (Å²) in [5.74, 6) is -0.823. The molecule has 1 N–H and O–H groups in total. The Morgan fingerprint density at radius 3 is 2.47 bits per heavy atom. The van der Waals surface area contributed by atoms with Gasteiger partial charge in [-0.3, -0.25) is 19.3 Å². The van der Waals surface area contributed by atoms with Gasteiger partial charge in [-0.2, -0.15) is 5.48 Å². The van der Waals surface area contributed by atoms with Crippen LogP contribution in [0.25, 0.3) is 0 Å². The van der Waals surface area contributed by atoms with E-state index >= 15 is 0 Å². The number of nitrogens with one attached hydrogen (secondary N) is 1. The maximum absolute atomic E-state index is 11.2. The number of imide groups is 1. The number of rotatable bonds is 7. The lowest BCUT2D eigenvalue weighted by atomic mass is 10.2. The van der Waals surface area contributed by atoms with Gasteiger partial charge in [0.1, 0.15) is 0 Å². The molecule has 0 radical (unpaired) electrons. The summed E-state index contributed by atoms with van der Waals surface area (Å²) in [5.41, 5.74) is 2.31. The molecule has 2 amide bonds. The lowest BCUT2D eigenvalue weighted by Gasteiger charge is -2.12. The molecule has 0 aliphatic carbocycles. The van der Waals surface area contributed by atoms with E-state index in [-0.39, 0.29) is 17.8 Å². The van der Waals surface area contributed by atoms with Crippen LogP contribution in [0, 0.1) is 0 Å². The van der Waals surface area contributed by atoms with Gasteiger partial charge in [0.15, 0.2) is 0 Å². The van der Waals surface area contributed by atoms with E-state index in [1.165, 1.54) is 24.1 Å². The number of carbonyl (C=O) groups excluding carboxylic acids is 3. The fourth-order valence-electron chi connectivity index (χ4n) is 1.53. The van der Waals surface area contributed by atoms with Gasteiger partial charge < -0.3 is 4.84 Å². The minimum Gasteiger partial charge on any atom is -0.371 e. The lowest BCUT2D eigenvalue weighted by Crippen LogP contribution is -2.30. The second kappa shape index (κ2) is 6.80. The Bertz CT molecular complexity index is 320. The Balaban J connectivity index is 2.07. The second-order valence-corrected chi connectivity index (χ2v) is 3.65. The zero-order valence-electron chi connectivity index (χ0n) is 9.77. The molecule has 17 heavy (non-hydrogen) atoms. The summed E-state index contributed by atoms with van der Waals surface area (Å²) in [6.45, 7) is 0.408. The van der Waals surface area contributed by atoms with E-state index in [4.69, 9.17) is 0 Å². The Morgan fingerprint density at radius 2 is 1.88 bits per heavy atom. The van der Waals surface area contributed by atoms with Gasteiger partial charge >= 0.3 is 5.97 Å². The van der Waals surface area contributed by atoms with Crippen molar-refractivity contribution in [2.45, 2.75) is 25.7 Å². The average Bonchev–Trinajstić information content (AvgIpc) is 2.60. The number of nitrogens with zero attached hydrogens (tertiary/aromatic N) is 1. The maximum atomic E-state index is 11.2. The third-order valence-electron chi connectivity index (χ3n) is 2.38. The number of hydroxylamine groups is 1. The fourth-order valence-corrected chi connectivity index (χ4v) is 1.53. The highest BCUT2D eigenvalue weighted by molar-refractivity contribution is 6.12. The minimum atomic E-state index is -0.303. The van der Waals surface area contributed by atoms with Crippen LogP contribution in [0.4, 0.5) is 0 Å². The molecule has 1 aliphatic rings. The maximum Gasteiger partial charge on any atom is 0.324 e. The number of amides is 2. The Kier molecular flexibility index (Phi) is 5.35. The zero-order valence-corrected chi connectivity index (χ0v) is 9.77. The molecule has 0 aromatic heterocycles. The molecule has 0 bridgehead atoms. The summed E-state index contributed by atoms with van der Waals surface area (Å²) in [4.78, 5) is 39.0. The van der Waals surface area contributed by atoms with Crippen LogP contribution in [0.15, 0.2) is 12.2 Å². The molecule has 0 aromatic carbocycles. The molecule has 0 saturated carbocycles. The molecule has 0 saturated heterocycles. The largest absolute Gasteiger partial charge is 0.371 e. The molecular formula is C11H16N2O4. The van der Waals surface area contributed by atoms with Crippen LogP contribution in [0.3, 0.4) is 0 Å². The third-order valence-corrected chi connectivity index (χ3v) is 2.38. The van der Waals surface area contributed by atoms with Crippen LogP contribution in [-0.4, -0.2) is 36.3 Å². The number of hydrogen-bond donors (Lipinski definition) is 1. The van der Waals surface area contributed by atoms with Crippen LogP contribution in [0.5, 0.6) is 0 Å². The van der Waals surface area contributed by atoms with Gasteiger partial charge in [0.2, 0.25) is 0 Å². The van der Waals surface area contributed by atoms with Crippen molar-refractivity contribution in [3.63, 3.8) is 0 Å². The van der Waals surface area contributed by atoms with Gasteiger partial charge in [-0.15, -0.1) is 0 Å². The van der Waals surface area contributed by atoms with Gasteiger partial charge in [0.25, 0.3) is 11.8 Å². The quantitative estimate of drug-likeness (QED) is 0.389. The smallest absolute Gasteiger partial charge is 0.324 e. The van der Waals surface area contributed by atoms with Crippen molar-refractivity contribution in [1.82, 2.24) is 10.4 Å². The van der Waals surface area contributed by atoms with Crippen LogP contribution in [0.2, 0.25) is 0 Å². The highest BCUT2D eigenvalue weighted by Gasteiger charge is 2.22. The first-order valence-corrected chi connectivity index (χ1v) is 5.55. The molecule has 1 rings (SSSR count). The molecule has 0 aromatic rings. The summed E-state index contributed by atoms with van der Waals surface area (Å²) in [6, 6.07) is 0. The van der Waals surface area contributed by atoms with Gasteiger partial charge in [0.05, 0.1) is 0 Å². The second-order valence-electron chi connectivity index (χ2n) is 3.65. The van der Waals surface area contributed by atoms with Gasteiger partial charge in [0, 0.05) is 32.2 Å². The molecule has 94 valence electrons. The summed E-state index contributed by atoms with van der Waals surface area (Å²) in [5, 5.41) is 0. The van der Waals surface area contributed by atoms with E-state index in [1.807, 2.05) is 0 Å². The molecular weight excluding hydrogens is 224 g/mol. The summed E-state index contributed by atoms with van der Waals surface area (Å²) < 4.78 is 0. The van der Waals surface area contributed by atoms with Crippen LogP contribution >= 0.6 is 0 Å². The predicted molar refractivity (Wildman–Crippen MR) is 59.5 cm³/mol. The number of hydrogen-bond acceptors (Lipinski definition) is 5. The van der Waals surface area contributed by atoms with E-state index in [2.05, 4.69) is 10.3 Å². The number of carbonyl (C=O) groups is 3. The summed E-state index contributed by atoms with van der Waals surface area (Å²) in [7, 11) is 1.52. The molecule has 1 aliphatic heterocycles. The third kappa shape index (κ3) is 4.36. The highest BCUT2D eigenvalue weighted by Crippen LogP contribution is 2.07. The number of unbranched alkanes of at least 4 members (excludes halogenated alkanes) is 2. The summed E-state index contributed by atoms with van der Waals surface area (Å²) in [6.07, 6.45) is 5.03. The Hall–Kier alpha value is -1.69. The van der Waals surface area contributed by atoms with Crippen molar-refractivity contribution >= 4 is 17.8 Å². The van der Waals surface area contributed by atoms with E-state index in [9.17, 15) is 14.4 Å². The van der Waals surface area contributed by atoms with Crippen molar-refractivity contribution < 1.29 is 19.2 Å². The monoisotopic (exact) mass is 240 g/mol. The van der Waals surface area contributed by atoms with Crippen LogP contribution < -0.4 is 5.48 Å². The van der Waals surface area contributed by atoms with Crippen LogP contribution in [-0.2, 0) is 19.2 Å². The normalized spacial score (nSPS) is 14.5. The highest BCUT2D eigenvalue weighted by atomic mass is 16.7. The Morgan fingerprint density at radius 1 is 1.24 bits per heavy atom. The molecule has 6 heteroatoms. The van der Waals surface area contributed by atoms with Crippen molar-refractivity contribution in [2.75, 3.05) is 13.6 Å². The first-order valence-electron chi connectivity index (χ1n) is 5.55. The van der Waals surface area contributed by atoms with Crippen molar-refractivity contribution in [3.05, 3.63) is 12.2 Å². The van der Waals surface area contributed by atoms with Crippen molar-refractivity contribution in [3.8, 4) is 0 Å². The SMILES string of the molecule is CNOC(=O)CCCCCN1C(=O)C=CC1=O. The first kappa shape index (κ1) is 13.4. The van der Waals surface area contributed by atoms with Crippen molar-refractivity contribution in [1.29, 1.82) is 0 Å². The molecule has 0 atom stereocenters. The minimum absolute atomic E-state index is 0.260. The van der Waals surface area contributed by atoms with Gasteiger partial charge in [-0.25, -0.2) is 0 Å². The predicted octanol–water partition coefficient (Wildman–Crippen LogP) is 0.149. The first-order chi connectivity index (χ1) is 8.15. The Labute approximate surface area is 99.6 Å². The van der Waals surface area contributed by atoms with E-state index in [0.29, 0.717) is 25.8 Å². The molecule has 1 heterocycles. The average molecular weight is 240 g/mol. The standard InChI is InChI=1S/C11H16N2O4/c1-12-17-11(16)5-3-2-4-8-13-9(14)6-7-10(13)15/h6-7,12H,2-5,8H2,1H3. The molecule has 0 unspecified atom stereocenters. The van der Waals surface area contributed by atoms with E-state index in [0.717, 1.165) is 6.42 Å². The van der Waals surface area contributed by atoms with Gasteiger partial charge in [-0.05, 0) is 12.8 Å². The van der Waals surface area contributed by atoms with Gasteiger partial charge in [-0.1, -0.05) is 6.42 Å². The van der Waals surface area contributed by atoms with Crippen LogP contribution in [0.1, 0.15) is 25.7 Å². The molecule has 0 spiro atoms.